The zero-order chi connectivity index (χ0) is 13.5. The van der Waals surface area contributed by atoms with E-state index in [-0.39, 0.29) is 0 Å². The lowest BCUT2D eigenvalue weighted by Crippen LogP contribution is -2.15. The highest BCUT2D eigenvalue weighted by Crippen LogP contribution is 2.18. The molecule has 0 saturated heterocycles. The molecule has 0 aromatic rings. The fourth-order valence-corrected chi connectivity index (χ4v) is 2.44. The van der Waals surface area contributed by atoms with E-state index in [0.717, 1.165) is 12.8 Å². The molecule has 2 aliphatic carbocycles. The summed E-state index contributed by atoms with van der Waals surface area (Å²) in [4.78, 5) is 7.52. The summed E-state index contributed by atoms with van der Waals surface area (Å²) in [5, 5.41) is 6.85. The molecule has 0 heterocycles. The van der Waals surface area contributed by atoms with Crippen molar-refractivity contribution in [1.29, 1.82) is 0 Å². The molecule has 5 nitrogen and oxygen atoms in total. The summed E-state index contributed by atoms with van der Waals surface area (Å²) in [7, 11) is 0. The topological polar surface area (TPSA) is 90.7 Å². The zero-order valence-electron chi connectivity index (χ0n) is 11.5. The standard InChI is InChI=1S/C7H15NO.C6H12.H3NO2/c8-9-7-5-3-1-2-4-6-7;1-2-4-6-5-3-1;1-3-2/h7H,1-6,8H2;1-6H2;2H,1H2. The van der Waals surface area contributed by atoms with E-state index in [1.807, 2.05) is 0 Å². The quantitative estimate of drug-likeness (QED) is 0.383. The average Bonchev–Trinajstić information content (AvgIpc) is 2.71. The molecule has 0 aliphatic heterocycles. The van der Waals surface area contributed by atoms with Crippen LogP contribution in [0.15, 0.2) is 0 Å². The average molecular weight is 262 g/mol. The minimum atomic E-state index is 0.354. The molecule has 0 unspecified atom stereocenters. The SMILES string of the molecule is C1CCCCC1.NOC1CCCCCC1.NOO. The first kappa shape index (κ1) is 17.8. The Labute approximate surface area is 111 Å². The molecule has 5 heteroatoms. The zero-order valence-corrected chi connectivity index (χ0v) is 11.5. The van der Waals surface area contributed by atoms with Gasteiger partial charge in [0.15, 0.2) is 0 Å². The molecule has 18 heavy (non-hydrogen) atoms. The second-order valence-electron chi connectivity index (χ2n) is 4.98. The predicted molar refractivity (Wildman–Crippen MR) is 72.4 cm³/mol. The Kier molecular flexibility index (Phi) is 14.7. The Morgan fingerprint density at radius 3 is 1.22 bits per heavy atom. The monoisotopic (exact) mass is 262 g/mol. The summed E-state index contributed by atoms with van der Waals surface area (Å²) in [6.45, 7) is 0. The van der Waals surface area contributed by atoms with Crippen LogP contribution >= 0.6 is 0 Å². The summed E-state index contributed by atoms with van der Waals surface area (Å²) < 4.78 is 0. The van der Waals surface area contributed by atoms with Gasteiger partial charge >= 0.3 is 0 Å². The van der Waals surface area contributed by atoms with E-state index in [9.17, 15) is 0 Å². The highest BCUT2D eigenvalue weighted by atomic mass is 17.2. The smallest absolute Gasteiger partial charge is 0.0787 e. The molecule has 2 rings (SSSR count). The van der Waals surface area contributed by atoms with Crippen LogP contribution in [-0.2, 0) is 9.83 Å². The molecule has 2 fully saturated rings. The van der Waals surface area contributed by atoms with E-state index in [1.165, 1.54) is 64.2 Å². The lowest BCUT2D eigenvalue weighted by Gasteiger charge is -2.08. The molecular formula is C13H30N2O3. The van der Waals surface area contributed by atoms with Gasteiger partial charge in [-0.2, -0.15) is 5.90 Å². The first-order valence-corrected chi connectivity index (χ1v) is 7.21. The van der Waals surface area contributed by atoms with Crippen molar-refractivity contribution in [2.75, 3.05) is 0 Å². The van der Waals surface area contributed by atoms with Crippen molar-refractivity contribution in [2.24, 2.45) is 11.8 Å². The van der Waals surface area contributed by atoms with Crippen molar-refractivity contribution in [1.82, 2.24) is 0 Å². The summed E-state index contributed by atoms with van der Waals surface area (Å²) >= 11 is 0. The minimum absolute atomic E-state index is 0.354. The third-order valence-corrected chi connectivity index (χ3v) is 3.49. The van der Waals surface area contributed by atoms with Crippen molar-refractivity contribution in [3.05, 3.63) is 0 Å². The van der Waals surface area contributed by atoms with Gasteiger partial charge in [-0.05, 0) is 12.8 Å². The molecule has 5 N–H and O–H groups in total. The second kappa shape index (κ2) is 14.9. The molecule has 110 valence electrons. The normalized spacial score (nSPS) is 20.8. The molecule has 0 bridgehead atoms. The van der Waals surface area contributed by atoms with Gasteiger partial charge in [0.1, 0.15) is 0 Å². The summed E-state index contributed by atoms with van der Waals surface area (Å²) in [6.07, 6.45) is 17.0. The Morgan fingerprint density at radius 2 is 0.944 bits per heavy atom. The summed E-state index contributed by atoms with van der Waals surface area (Å²) in [6, 6.07) is 0. The third-order valence-electron chi connectivity index (χ3n) is 3.49. The highest BCUT2D eigenvalue weighted by Gasteiger charge is 2.10. The molecule has 0 amide bonds. The van der Waals surface area contributed by atoms with E-state index in [0.29, 0.717) is 6.10 Å². The lowest BCUT2D eigenvalue weighted by molar-refractivity contribution is -0.247. The highest BCUT2D eigenvalue weighted by molar-refractivity contribution is 4.62. The molecule has 0 atom stereocenters. The Bertz CT molecular complexity index is 136. The van der Waals surface area contributed by atoms with Crippen LogP contribution in [0.5, 0.6) is 0 Å². The van der Waals surface area contributed by atoms with Crippen LogP contribution in [-0.4, -0.2) is 11.4 Å². The predicted octanol–water partition coefficient (Wildman–Crippen LogP) is 3.29. The minimum Gasteiger partial charge on any atom is -0.301 e. The van der Waals surface area contributed by atoms with Crippen molar-refractivity contribution < 1.29 is 15.1 Å². The van der Waals surface area contributed by atoms with Gasteiger partial charge in [0.25, 0.3) is 0 Å². The maximum atomic E-state index is 6.85. The van der Waals surface area contributed by atoms with Crippen molar-refractivity contribution >= 4 is 0 Å². The van der Waals surface area contributed by atoms with Crippen molar-refractivity contribution in [3.63, 3.8) is 0 Å². The molecule has 0 radical (unpaired) electrons. The van der Waals surface area contributed by atoms with Gasteiger partial charge in [-0.25, -0.2) is 11.2 Å². The van der Waals surface area contributed by atoms with E-state index >= 15 is 0 Å². The summed E-state index contributed by atoms with van der Waals surface area (Å²) in [5.41, 5.74) is 0. The third kappa shape index (κ3) is 12.3. The van der Waals surface area contributed by atoms with Gasteiger partial charge in [-0.3, -0.25) is 0 Å². The lowest BCUT2D eigenvalue weighted by atomic mass is 10.0. The molecular weight excluding hydrogens is 232 g/mol. The van der Waals surface area contributed by atoms with Gasteiger partial charge in [0.05, 0.1) is 6.10 Å². The van der Waals surface area contributed by atoms with Crippen LogP contribution in [0.2, 0.25) is 0 Å². The maximum absolute atomic E-state index is 6.85. The van der Waals surface area contributed by atoms with Crippen molar-refractivity contribution in [2.45, 2.75) is 83.2 Å². The first-order chi connectivity index (χ1) is 8.85. The van der Waals surface area contributed by atoms with E-state index < -0.39 is 0 Å². The number of hydrogen-bond acceptors (Lipinski definition) is 5. The molecule has 0 aromatic heterocycles. The Hall–Kier alpha value is -0.200. The van der Waals surface area contributed by atoms with Crippen LogP contribution in [0.25, 0.3) is 0 Å². The van der Waals surface area contributed by atoms with Crippen molar-refractivity contribution in [3.8, 4) is 0 Å². The van der Waals surface area contributed by atoms with Crippen LogP contribution in [0.4, 0.5) is 0 Å². The number of nitrogens with two attached hydrogens (primary N) is 2. The fraction of sp³-hybridized carbons (Fsp3) is 1.00. The van der Waals surface area contributed by atoms with Gasteiger partial charge in [0, 0.05) is 0 Å². The number of rotatable bonds is 1. The molecule has 2 saturated carbocycles. The van der Waals surface area contributed by atoms with Gasteiger partial charge in [-0.1, -0.05) is 64.2 Å². The molecule has 0 aromatic carbocycles. The second-order valence-corrected chi connectivity index (χ2v) is 4.98. The van der Waals surface area contributed by atoms with E-state index in [2.05, 4.69) is 10.9 Å². The first-order valence-electron chi connectivity index (χ1n) is 7.21. The van der Waals surface area contributed by atoms with Crippen LogP contribution < -0.4 is 11.8 Å². The van der Waals surface area contributed by atoms with Crippen LogP contribution in [0.1, 0.15) is 77.0 Å². The Balaban J connectivity index is 0.000000278. The van der Waals surface area contributed by atoms with E-state index in [1.54, 1.807) is 0 Å². The molecule has 0 spiro atoms. The van der Waals surface area contributed by atoms with Crippen LogP contribution in [0, 0.1) is 0 Å². The van der Waals surface area contributed by atoms with Crippen LogP contribution in [0.3, 0.4) is 0 Å². The summed E-state index contributed by atoms with van der Waals surface area (Å²) in [5.74, 6) is 8.98. The largest absolute Gasteiger partial charge is 0.301 e. The Morgan fingerprint density at radius 1 is 0.667 bits per heavy atom. The van der Waals surface area contributed by atoms with Gasteiger partial charge < -0.3 is 4.84 Å². The molecule has 2 aliphatic rings. The number of hydrogen-bond donors (Lipinski definition) is 3. The fourth-order valence-electron chi connectivity index (χ4n) is 2.44. The van der Waals surface area contributed by atoms with E-state index in [4.69, 9.17) is 16.0 Å². The van der Waals surface area contributed by atoms with Gasteiger partial charge in [0.2, 0.25) is 0 Å². The van der Waals surface area contributed by atoms with Gasteiger partial charge in [-0.15, -0.1) is 4.99 Å². The maximum Gasteiger partial charge on any atom is 0.0787 e.